The molecule has 0 saturated heterocycles. The van der Waals surface area contributed by atoms with E-state index < -0.39 is 0 Å². The maximum atomic E-state index is 11.7. The molecule has 1 rings (SSSR count). The lowest BCUT2D eigenvalue weighted by molar-refractivity contribution is -0.125. The third-order valence-corrected chi connectivity index (χ3v) is 2.87. The van der Waals surface area contributed by atoms with Crippen molar-refractivity contribution >= 4 is 5.78 Å². The summed E-state index contributed by atoms with van der Waals surface area (Å²) in [6.45, 7) is 1.96. The molecule has 70 valence electrons. The minimum Gasteiger partial charge on any atom is -0.311 e. The molecule has 12 heavy (non-hydrogen) atoms. The summed E-state index contributed by atoms with van der Waals surface area (Å²) < 4.78 is 0. The second-order valence-electron chi connectivity index (χ2n) is 3.75. The number of likely N-dealkylation sites (N-methyl/N-ethyl adjacent to an activating group) is 1. The molecule has 2 heteroatoms. The molecule has 0 aliphatic heterocycles. The molecular formula is C10H19NO. The van der Waals surface area contributed by atoms with Crippen LogP contribution in [0.3, 0.4) is 0 Å². The number of nitrogens with one attached hydrogen (secondary N) is 1. The van der Waals surface area contributed by atoms with Gasteiger partial charge in [0.05, 0.1) is 6.04 Å². The van der Waals surface area contributed by atoms with Crippen molar-refractivity contribution in [3.63, 3.8) is 0 Å². The Balaban J connectivity index is 2.39. The topological polar surface area (TPSA) is 29.1 Å². The zero-order valence-corrected chi connectivity index (χ0v) is 8.10. The fraction of sp³-hybridized carbons (Fsp3) is 0.900. The normalized spacial score (nSPS) is 22.2. The molecule has 1 unspecified atom stereocenters. The van der Waals surface area contributed by atoms with Gasteiger partial charge in [0.15, 0.2) is 5.78 Å². The van der Waals surface area contributed by atoms with E-state index in [9.17, 15) is 4.79 Å². The first-order valence-corrected chi connectivity index (χ1v) is 4.96. The van der Waals surface area contributed by atoms with Gasteiger partial charge in [0.25, 0.3) is 0 Å². The second-order valence-corrected chi connectivity index (χ2v) is 3.75. The standard InChI is InChI=1S/C10H19NO/c1-8(11-2)10(12)9-6-4-3-5-7-9/h8-9,11H,3-7H2,1-2H3. The van der Waals surface area contributed by atoms with E-state index in [4.69, 9.17) is 0 Å². The zero-order valence-electron chi connectivity index (χ0n) is 8.10. The minimum absolute atomic E-state index is 0.0492. The Kier molecular flexibility index (Phi) is 3.73. The smallest absolute Gasteiger partial charge is 0.152 e. The summed E-state index contributed by atoms with van der Waals surface area (Å²) in [4.78, 5) is 11.7. The Morgan fingerprint density at radius 1 is 1.33 bits per heavy atom. The van der Waals surface area contributed by atoms with Crippen LogP contribution in [0.2, 0.25) is 0 Å². The lowest BCUT2D eigenvalue weighted by Crippen LogP contribution is -2.36. The van der Waals surface area contributed by atoms with Gasteiger partial charge in [-0.25, -0.2) is 0 Å². The Hall–Kier alpha value is -0.370. The maximum Gasteiger partial charge on any atom is 0.152 e. The molecule has 2 nitrogen and oxygen atoms in total. The van der Waals surface area contributed by atoms with Crippen LogP contribution >= 0.6 is 0 Å². The average Bonchev–Trinajstić information content (AvgIpc) is 2.17. The Labute approximate surface area is 74.7 Å². The van der Waals surface area contributed by atoms with E-state index in [2.05, 4.69) is 5.32 Å². The van der Waals surface area contributed by atoms with E-state index in [1.807, 2.05) is 14.0 Å². The van der Waals surface area contributed by atoms with Gasteiger partial charge >= 0.3 is 0 Å². The molecule has 1 atom stereocenters. The molecular weight excluding hydrogens is 150 g/mol. The van der Waals surface area contributed by atoms with Crippen LogP contribution in [0.5, 0.6) is 0 Å². The number of carbonyl (C=O) groups is 1. The maximum absolute atomic E-state index is 11.7. The van der Waals surface area contributed by atoms with Crippen LogP contribution in [-0.2, 0) is 4.79 Å². The van der Waals surface area contributed by atoms with Crippen LogP contribution in [0.15, 0.2) is 0 Å². The zero-order chi connectivity index (χ0) is 8.97. The van der Waals surface area contributed by atoms with Crippen molar-refractivity contribution in [1.29, 1.82) is 0 Å². The van der Waals surface area contributed by atoms with Crippen molar-refractivity contribution in [1.82, 2.24) is 5.32 Å². The quantitative estimate of drug-likeness (QED) is 0.697. The number of hydrogen-bond donors (Lipinski definition) is 1. The number of Topliss-reactive ketones (excluding diaryl/α,β-unsaturated/α-hetero) is 1. The summed E-state index contributed by atoms with van der Waals surface area (Å²) in [5.74, 6) is 0.762. The van der Waals surface area contributed by atoms with E-state index in [0.29, 0.717) is 11.7 Å². The van der Waals surface area contributed by atoms with E-state index >= 15 is 0 Å². The van der Waals surface area contributed by atoms with E-state index in [1.54, 1.807) is 0 Å². The van der Waals surface area contributed by atoms with Gasteiger partial charge in [-0.05, 0) is 26.8 Å². The van der Waals surface area contributed by atoms with Crippen molar-refractivity contribution < 1.29 is 4.79 Å². The van der Waals surface area contributed by atoms with Gasteiger partial charge in [-0.15, -0.1) is 0 Å². The number of hydrogen-bond acceptors (Lipinski definition) is 2. The van der Waals surface area contributed by atoms with Gasteiger partial charge in [0.2, 0.25) is 0 Å². The fourth-order valence-corrected chi connectivity index (χ4v) is 1.88. The van der Waals surface area contributed by atoms with Gasteiger partial charge in [-0.1, -0.05) is 19.3 Å². The van der Waals surface area contributed by atoms with Gasteiger partial charge in [-0.3, -0.25) is 4.79 Å². The van der Waals surface area contributed by atoms with Crippen LogP contribution in [0, 0.1) is 5.92 Å². The molecule has 0 aromatic carbocycles. The predicted octanol–water partition coefficient (Wildman–Crippen LogP) is 1.74. The van der Waals surface area contributed by atoms with Gasteiger partial charge in [0, 0.05) is 5.92 Å². The molecule has 0 aromatic heterocycles. The third kappa shape index (κ3) is 2.31. The lowest BCUT2D eigenvalue weighted by Gasteiger charge is -2.22. The predicted molar refractivity (Wildman–Crippen MR) is 50.1 cm³/mol. The molecule has 1 N–H and O–H groups in total. The largest absolute Gasteiger partial charge is 0.311 e. The van der Waals surface area contributed by atoms with Gasteiger partial charge in [-0.2, -0.15) is 0 Å². The number of rotatable bonds is 3. The second kappa shape index (κ2) is 4.61. The number of carbonyl (C=O) groups excluding carboxylic acids is 1. The molecule has 1 saturated carbocycles. The Morgan fingerprint density at radius 2 is 1.92 bits per heavy atom. The lowest BCUT2D eigenvalue weighted by atomic mass is 9.84. The average molecular weight is 169 g/mol. The van der Waals surface area contributed by atoms with Crippen LogP contribution in [0.25, 0.3) is 0 Å². The summed E-state index contributed by atoms with van der Waals surface area (Å²) >= 11 is 0. The summed E-state index contributed by atoms with van der Waals surface area (Å²) in [7, 11) is 1.85. The van der Waals surface area contributed by atoms with Crippen LogP contribution < -0.4 is 5.32 Å². The van der Waals surface area contributed by atoms with Crippen LogP contribution in [0.1, 0.15) is 39.0 Å². The van der Waals surface area contributed by atoms with Crippen LogP contribution in [-0.4, -0.2) is 18.9 Å². The molecule has 0 bridgehead atoms. The SMILES string of the molecule is CNC(C)C(=O)C1CCCCC1. The highest BCUT2D eigenvalue weighted by Crippen LogP contribution is 2.25. The van der Waals surface area contributed by atoms with Crippen molar-refractivity contribution in [2.75, 3.05) is 7.05 Å². The Bertz CT molecular complexity index is 150. The van der Waals surface area contributed by atoms with E-state index in [-0.39, 0.29) is 6.04 Å². The summed E-state index contributed by atoms with van der Waals surface area (Å²) in [5, 5.41) is 3.01. The summed E-state index contributed by atoms with van der Waals surface area (Å²) in [6, 6.07) is 0.0492. The highest BCUT2D eigenvalue weighted by atomic mass is 16.1. The number of ketones is 1. The van der Waals surface area contributed by atoms with E-state index in [0.717, 1.165) is 12.8 Å². The van der Waals surface area contributed by atoms with Crippen molar-refractivity contribution in [2.24, 2.45) is 5.92 Å². The highest BCUT2D eigenvalue weighted by Gasteiger charge is 2.24. The molecule has 1 aliphatic rings. The molecule has 1 aliphatic carbocycles. The van der Waals surface area contributed by atoms with Crippen molar-refractivity contribution in [2.45, 2.75) is 45.1 Å². The minimum atomic E-state index is 0.0492. The first kappa shape index (κ1) is 9.72. The first-order valence-electron chi connectivity index (χ1n) is 4.96. The van der Waals surface area contributed by atoms with Crippen molar-refractivity contribution in [3.8, 4) is 0 Å². The summed E-state index contributed by atoms with van der Waals surface area (Å²) in [6.07, 6.45) is 6.03. The molecule has 0 amide bonds. The molecule has 0 radical (unpaired) electrons. The summed E-state index contributed by atoms with van der Waals surface area (Å²) in [5.41, 5.74) is 0. The van der Waals surface area contributed by atoms with Gasteiger partial charge < -0.3 is 5.32 Å². The third-order valence-electron chi connectivity index (χ3n) is 2.87. The highest BCUT2D eigenvalue weighted by molar-refractivity contribution is 5.85. The first-order chi connectivity index (χ1) is 5.75. The van der Waals surface area contributed by atoms with Gasteiger partial charge in [0.1, 0.15) is 0 Å². The monoisotopic (exact) mass is 169 g/mol. The van der Waals surface area contributed by atoms with Crippen molar-refractivity contribution in [3.05, 3.63) is 0 Å². The molecule has 1 fully saturated rings. The molecule has 0 spiro atoms. The fourth-order valence-electron chi connectivity index (χ4n) is 1.88. The molecule has 0 aromatic rings. The van der Waals surface area contributed by atoms with E-state index in [1.165, 1.54) is 19.3 Å². The van der Waals surface area contributed by atoms with Crippen LogP contribution in [0.4, 0.5) is 0 Å². The Morgan fingerprint density at radius 3 is 2.42 bits per heavy atom. The molecule has 0 heterocycles.